The van der Waals surface area contributed by atoms with Gasteiger partial charge in [0.1, 0.15) is 0 Å². The molecule has 2 aromatic rings. The van der Waals surface area contributed by atoms with E-state index in [4.69, 9.17) is 5.73 Å². The number of para-hydroxylation sites is 1. The molecule has 22 heavy (non-hydrogen) atoms. The summed E-state index contributed by atoms with van der Waals surface area (Å²) in [5, 5.41) is 0. The Labute approximate surface area is 133 Å². The van der Waals surface area contributed by atoms with Crippen molar-refractivity contribution in [2.24, 2.45) is 0 Å². The van der Waals surface area contributed by atoms with Crippen molar-refractivity contribution in [1.82, 2.24) is 0 Å². The van der Waals surface area contributed by atoms with Crippen LogP contribution in [0.1, 0.15) is 49.3 Å². The van der Waals surface area contributed by atoms with Crippen molar-refractivity contribution in [3.63, 3.8) is 0 Å². The summed E-state index contributed by atoms with van der Waals surface area (Å²) in [6.45, 7) is 2.20. The summed E-state index contributed by atoms with van der Waals surface area (Å²) in [6.07, 6.45) is 4.57. The van der Waals surface area contributed by atoms with E-state index in [-0.39, 0.29) is 0 Å². The Kier molecular flexibility index (Phi) is 6.16. The summed E-state index contributed by atoms with van der Waals surface area (Å²) in [7, 11) is 0. The number of nitrogen functional groups attached to an aromatic ring is 1. The quantitative estimate of drug-likeness (QED) is 0.498. The van der Waals surface area contributed by atoms with Gasteiger partial charge in [0.2, 0.25) is 0 Å². The lowest BCUT2D eigenvalue weighted by atomic mass is 10.1. The van der Waals surface area contributed by atoms with Gasteiger partial charge in [-0.05, 0) is 30.7 Å². The van der Waals surface area contributed by atoms with Crippen LogP contribution in [0.25, 0.3) is 0 Å². The smallest absolute Gasteiger partial charge is 0.0478 e. The van der Waals surface area contributed by atoms with Crippen molar-refractivity contribution in [2.45, 2.75) is 32.6 Å². The van der Waals surface area contributed by atoms with Crippen LogP contribution in [0.3, 0.4) is 0 Å². The molecule has 0 heterocycles. The molecule has 0 radical (unpaired) electrons. The molecule has 2 N–H and O–H groups in total. The Hall–Kier alpha value is -2.64. The van der Waals surface area contributed by atoms with Gasteiger partial charge in [-0.25, -0.2) is 0 Å². The monoisotopic (exact) mass is 287 g/mol. The van der Waals surface area contributed by atoms with E-state index >= 15 is 0 Å². The summed E-state index contributed by atoms with van der Waals surface area (Å²) in [4.78, 5) is 0. The Morgan fingerprint density at radius 1 is 0.773 bits per heavy atom. The van der Waals surface area contributed by atoms with E-state index in [0.29, 0.717) is 5.69 Å². The minimum atomic E-state index is 0.707. The molecule has 0 saturated heterocycles. The third-order valence-electron chi connectivity index (χ3n) is 3.35. The molecular formula is C21H21N. The highest BCUT2D eigenvalue weighted by molar-refractivity contribution is 5.59. The third-order valence-corrected chi connectivity index (χ3v) is 3.35. The number of anilines is 1. The molecule has 0 aliphatic rings. The van der Waals surface area contributed by atoms with Gasteiger partial charge in [0.05, 0.1) is 0 Å². The maximum absolute atomic E-state index is 5.92. The standard InChI is InChI=1S/C21H21N/c1-2-3-4-5-6-11-18-12-7-8-13-19(18)16-17-20-14-9-10-15-21(20)22/h7-10,12-15H,2-5,22H2,1H3. The van der Waals surface area contributed by atoms with E-state index in [9.17, 15) is 0 Å². The fraction of sp³-hybridized carbons (Fsp3) is 0.238. The maximum atomic E-state index is 5.92. The van der Waals surface area contributed by atoms with Gasteiger partial charge in [-0.15, -0.1) is 0 Å². The van der Waals surface area contributed by atoms with Gasteiger partial charge in [0.25, 0.3) is 0 Å². The predicted octanol–water partition coefficient (Wildman–Crippen LogP) is 4.60. The first-order valence-corrected chi connectivity index (χ1v) is 7.75. The molecule has 2 rings (SSSR count). The van der Waals surface area contributed by atoms with Gasteiger partial charge in [-0.2, -0.15) is 0 Å². The van der Waals surface area contributed by atoms with Crippen LogP contribution in [0.15, 0.2) is 48.5 Å². The molecule has 0 aliphatic carbocycles. The average molecular weight is 287 g/mol. The number of unbranched alkanes of at least 4 members (excludes halogenated alkanes) is 3. The molecule has 0 fully saturated rings. The highest BCUT2D eigenvalue weighted by Crippen LogP contribution is 2.10. The second-order valence-electron chi connectivity index (χ2n) is 5.14. The summed E-state index contributed by atoms with van der Waals surface area (Å²) >= 11 is 0. The van der Waals surface area contributed by atoms with Crippen molar-refractivity contribution >= 4 is 5.69 Å². The SMILES string of the molecule is CCCCCC#Cc1ccccc1C#Cc1ccccc1N. The molecule has 0 bridgehead atoms. The van der Waals surface area contributed by atoms with Gasteiger partial charge in [-0.1, -0.05) is 67.7 Å². The lowest BCUT2D eigenvalue weighted by Gasteiger charge is -1.97. The zero-order valence-electron chi connectivity index (χ0n) is 13.0. The van der Waals surface area contributed by atoms with E-state index in [1.807, 2.05) is 48.5 Å². The number of rotatable bonds is 3. The number of hydrogen-bond acceptors (Lipinski definition) is 1. The number of nitrogens with two attached hydrogens (primary N) is 1. The Balaban J connectivity index is 2.17. The molecule has 2 aromatic carbocycles. The minimum Gasteiger partial charge on any atom is -0.398 e. The molecule has 0 aliphatic heterocycles. The maximum Gasteiger partial charge on any atom is 0.0478 e. The molecule has 110 valence electrons. The molecule has 0 unspecified atom stereocenters. The van der Waals surface area contributed by atoms with E-state index in [1.165, 1.54) is 12.8 Å². The van der Waals surface area contributed by atoms with Gasteiger partial charge in [-0.3, -0.25) is 0 Å². The van der Waals surface area contributed by atoms with Gasteiger partial charge in [0.15, 0.2) is 0 Å². The first-order chi connectivity index (χ1) is 10.8. The number of hydrogen-bond donors (Lipinski definition) is 1. The Morgan fingerprint density at radius 3 is 2.05 bits per heavy atom. The molecule has 1 nitrogen and oxygen atoms in total. The summed E-state index contributed by atoms with van der Waals surface area (Å²) in [5.74, 6) is 12.8. The average Bonchev–Trinajstić information content (AvgIpc) is 2.55. The Bertz CT molecular complexity index is 735. The van der Waals surface area contributed by atoms with Crippen LogP contribution >= 0.6 is 0 Å². The molecule has 0 saturated carbocycles. The van der Waals surface area contributed by atoms with Gasteiger partial charge >= 0.3 is 0 Å². The molecule has 0 aromatic heterocycles. The number of benzene rings is 2. The molecular weight excluding hydrogens is 266 g/mol. The van der Waals surface area contributed by atoms with Crippen molar-refractivity contribution < 1.29 is 0 Å². The molecule has 0 spiro atoms. The minimum absolute atomic E-state index is 0.707. The van der Waals surface area contributed by atoms with Crippen molar-refractivity contribution in [2.75, 3.05) is 5.73 Å². The first-order valence-electron chi connectivity index (χ1n) is 7.75. The predicted molar refractivity (Wildman–Crippen MR) is 94.3 cm³/mol. The summed E-state index contributed by atoms with van der Waals surface area (Å²) in [6, 6.07) is 15.7. The fourth-order valence-electron chi connectivity index (χ4n) is 2.07. The Morgan fingerprint density at radius 2 is 1.36 bits per heavy atom. The van der Waals surface area contributed by atoms with Gasteiger partial charge < -0.3 is 5.73 Å². The third kappa shape index (κ3) is 4.72. The van der Waals surface area contributed by atoms with E-state index in [1.54, 1.807) is 0 Å². The second-order valence-corrected chi connectivity index (χ2v) is 5.14. The largest absolute Gasteiger partial charge is 0.398 e. The van der Waals surface area contributed by atoms with Crippen LogP contribution in [0.4, 0.5) is 5.69 Å². The topological polar surface area (TPSA) is 26.0 Å². The van der Waals surface area contributed by atoms with Crippen LogP contribution in [0.2, 0.25) is 0 Å². The highest BCUT2D eigenvalue weighted by atomic mass is 14.5. The zero-order valence-corrected chi connectivity index (χ0v) is 13.0. The first kappa shape index (κ1) is 15.7. The molecule has 0 amide bonds. The van der Waals surface area contributed by atoms with Gasteiger partial charge in [0, 0.05) is 28.8 Å². The summed E-state index contributed by atoms with van der Waals surface area (Å²) < 4.78 is 0. The normalized spacial score (nSPS) is 9.32. The van der Waals surface area contributed by atoms with E-state index < -0.39 is 0 Å². The van der Waals surface area contributed by atoms with Crippen LogP contribution in [0.5, 0.6) is 0 Å². The van der Waals surface area contributed by atoms with Crippen molar-refractivity contribution in [3.8, 4) is 23.7 Å². The van der Waals surface area contributed by atoms with Crippen LogP contribution < -0.4 is 5.73 Å². The lowest BCUT2D eigenvalue weighted by molar-refractivity contribution is 0.737. The van der Waals surface area contributed by atoms with Crippen molar-refractivity contribution in [1.29, 1.82) is 0 Å². The van der Waals surface area contributed by atoms with Crippen LogP contribution in [0, 0.1) is 23.7 Å². The zero-order chi connectivity index (χ0) is 15.6. The summed E-state index contributed by atoms with van der Waals surface area (Å²) in [5.41, 5.74) is 9.42. The highest BCUT2D eigenvalue weighted by Gasteiger charge is 1.96. The van der Waals surface area contributed by atoms with Crippen molar-refractivity contribution in [3.05, 3.63) is 65.2 Å². The molecule has 1 heteroatoms. The van der Waals surface area contributed by atoms with E-state index in [2.05, 4.69) is 30.6 Å². The molecule has 0 atom stereocenters. The second kappa shape index (κ2) is 8.60. The van der Waals surface area contributed by atoms with Crippen LogP contribution in [-0.2, 0) is 0 Å². The van der Waals surface area contributed by atoms with Crippen LogP contribution in [-0.4, -0.2) is 0 Å². The fourth-order valence-corrected chi connectivity index (χ4v) is 2.07. The lowest BCUT2D eigenvalue weighted by Crippen LogP contribution is -1.89. The van der Waals surface area contributed by atoms with E-state index in [0.717, 1.165) is 29.5 Å².